The molecule has 0 amide bonds. The maximum absolute atomic E-state index is 10.7. The molecule has 120 valence electrons. The van der Waals surface area contributed by atoms with E-state index in [1.165, 1.54) is 31.5 Å². The molecule has 0 saturated heterocycles. The number of hydrogen-bond acceptors (Lipinski definition) is 8. The van der Waals surface area contributed by atoms with Crippen LogP contribution in [-0.4, -0.2) is 33.5 Å². The summed E-state index contributed by atoms with van der Waals surface area (Å²) in [5.74, 6) is -0.897. The number of azo groups is 1. The quantitative estimate of drug-likeness (QED) is 0.455. The van der Waals surface area contributed by atoms with Gasteiger partial charge in [-0.1, -0.05) is 0 Å². The highest BCUT2D eigenvalue weighted by molar-refractivity contribution is 5.72. The van der Waals surface area contributed by atoms with Crippen molar-refractivity contribution < 1.29 is 24.8 Å². The van der Waals surface area contributed by atoms with E-state index in [4.69, 9.17) is 9.99 Å². The lowest BCUT2D eigenvalue weighted by Gasteiger charge is -2.02. The summed E-state index contributed by atoms with van der Waals surface area (Å²) in [7, 11) is 1.40. The van der Waals surface area contributed by atoms with E-state index in [-0.39, 0.29) is 30.2 Å². The van der Waals surface area contributed by atoms with E-state index in [1.807, 2.05) is 0 Å². The predicted molar refractivity (Wildman–Crippen MR) is 77.5 cm³/mol. The van der Waals surface area contributed by atoms with E-state index in [0.717, 1.165) is 0 Å². The largest absolute Gasteiger partial charge is 0.508 e. The maximum Gasteiger partial charge on any atom is 0.307 e. The molecule has 1 heterocycles. The van der Waals surface area contributed by atoms with Gasteiger partial charge in [-0.25, -0.2) is 9.78 Å². The first-order valence-corrected chi connectivity index (χ1v) is 6.51. The van der Waals surface area contributed by atoms with E-state index in [9.17, 15) is 9.90 Å². The van der Waals surface area contributed by atoms with Crippen molar-refractivity contribution in [3.05, 3.63) is 41.6 Å². The molecule has 9 nitrogen and oxygen atoms in total. The van der Waals surface area contributed by atoms with E-state index >= 15 is 0 Å². The number of carbonyl (C=O) groups is 1. The highest BCUT2D eigenvalue weighted by atomic mass is 17.2. The van der Waals surface area contributed by atoms with Crippen LogP contribution in [0.3, 0.4) is 0 Å². The summed E-state index contributed by atoms with van der Waals surface area (Å²) in [5.41, 5.74) is 1.34. The first-order valence-electron chi connectivity index (χ1n) is 6.51. The molecule has 0 fully saturated rings. The van der Waals surface area contributed by atoms with Crippen LogP contribution in [0.15, 0.2) is 40.7 Å². The summed E-state index contributed by atoms with van der Waals surface area (Å²) in [4.78, 5) is 20.0. The van der Waals surface area contributed by atoms with Gasteiger partial charge in [0.25, 0.3) is 0 Å². The third kappa shape index (κ3) is 5.09. The summed E-state index contributed by atoms with van der Waals surface area (Å²) in [5, 5.41) is 33.8. The number of aromatic hydroxyl groups is 1. The molecule has 0 aliphatic rings. The maximum atomic E-state index is 10.7. The van der Waals surface area contributed by atoms with Crippen molar-refractivity contribution >= 4 is 17.5 Å². The highest BCUT2D eigenvalue weighted by Crippen LogP contribution is 2.25. The normalized spacial score (nSPS) is 11.0. The first-order chi connectivity index (χ1) is 11.1. The van der Waals surface area contributed by atoms with Crippen LogP contribution >= 0.6 is 0 Å². The van der Waals surface area contributed by atoms with Crippen LogP contribution in [0.2, 0.25) is 0 Å². The van der Waals surface area contributed by atoms with Gasteiger partial charge in [-0.15, -0.1) is 15.3 Å². The fourth-order valence-corrected chi connectivity index (χ4v) is 1.70. The zero-order valence-corrected chi connectivity index (χ0v) is 12.2. The van der Waals surface area contributed by atoms with Crippen LogP contribution in [0.5, 0.6) is 5.75 Å². The van der Waals surface area contributed by atoms with Gasteiger partial charge < -0.3 is 10.2 Å². The Morgan fingerprint density at radius 3 is 2.87 bits per heavy atom. The second kappa shape index (κ2) is 7.92. The lowest BCUT2D eigenvalue weighted by atomic mass is 10.1. The van der Waals surface area contributed by atoms with E-state index < -0.39 is 5.97 Å². The number of nitrogens with zero attached hydrogens (tertiary/aromatic N) is 4. The van der Waals surface area contributed by atoms with Gasteiger partial charge in [0.05, 0.1) is 25.4 Å². The Hall–Kier alpha value is -2.91. The van der Waals surface area contributed by atoms with Crippen LogP contribution < -0.4 is 0 Å². The van der Waals surface area contributed by atoms with Gasteiger partial charge in [-0.2, -0.15) is 5.10 Å². The summed E-state index contributed by atoms with van der Waals surface area (Å²) >= 11 is 0. The Labute approximate surface area is 131 Å². The smallest absolute Gasteiger partial charge is 0.307 e. The van der Waals surface area contributed by atoms with Gasteiger partial charge in [0.15, 0.2) is 5.82 Å². The van der Waals surface area contributed by atoms with Crippen molar-refractivity contribution in [2.45, 2.75) is 13.0 Å². The van der Waals surface area contributed by atoms with Crippen molar-refractivity contribution in [2.24, 2.45) is 10.2 Å². The fraction of sp³-hybridized carbons (Fsp3) is 0.214. The van der Waals surface area contributed by atoms with Crippen molar-refractivity contribution in [2.75, 3.05) is 7.11 Å². The number of benzene rings is 1. The first kappa shape index (κ1) is 16.5. The second-order valence-electron chi connectivity index (χ2n) is 4.43. The van der Waals surface area contributed by atoms with Gasteiger partial charge in [-0.05, 0) is 24.3 Å². The summed E-state index contributed by atoms with van der Waals surface area (Å²) in [6.07, 6.45) is 1.20. The highest BCUT2D eigenvalue weighted by Gasteiger charge is 2.07. The standard InChI is InChI=1S/C14H14N4O5/c1-22-23-8-9-4-13(17-15-7-9)18-16-11-2-3-12(19)10(5-11)6-14(20)21/h2-5,7,19H,6,8H2,1H3,(H,20,21). The van der Waals surface area contributed by atoms with Crippen LogP contribution in [0, 0.1) is 0 Å². The van der Waals surface area contributed by atoms with Crippen LogP contribution in [0.4, 0.5) is 11.5 Å². The number of phenolic OH excluding ortho intramolecular Hbond substituents is 1. The zero-order chi connectivity index (χ0) is 16.7. The number of aliphatic carboxylic acids is 1. The van der Waals surface area contributed by atoms with Gasteiger partial charge in [0, 0.05) is 11.1 Å². The molecular weight excluding hydrogens is 304 g/mol. The lowest BCUT2D eigenvalue weighted by Crippen LogP contribution is -1.99. The molecule has 2 rings (SSSR count). The minimum atomic E-state index is -1.05. The Morgan fingerprint density at radius 1 is 1.30 bits per heavy atom. The summed E-state index contributed by atoms with van der Waals surface area (Å²) in [6.45, 7) is 0.191. The van der Waals surface area contributed by atoms with Gasteiger partial charge in [0.2, 0.25) is 0 Å². The van der Waals surface area contributed by atoms with Crippen LogP contribution in [0.25, 0.3) is 0 Å². The van der Waals surface area contributed by atoms with Crippen molar-refractivity contribution in [3.8, 4) is 5.75 Å². The Balaban J connectivity index is 2.15. The number of phenols is 1. The average Bonchev–Trinajstić information content (AvgIpc) is 2.53. The van der Waals surface area contributed by atoms with Crippen LogP contribution in [0.1, 0.15) is 11.1 Å². The molecule has 23 heavy (non-hydrogen) atoms. The Morgan fingerprint density at radius 2 is 2.13 bits per heavy atom. The SMILES string of the molecule is COOCc1cnnc(N=Nc2ccc(O)c(CC(=O)O)c2)c1. The Bertz CT molecular complexity index is 720. The molecule has 0 atom stereocenters. The minimum Gasteiger partial charge on any atom is -0.508 e. The topological polar surface area (TPSA) is 126 Å². The number of carboxylic acid groups (broad SMARTS) is 1. The third-order valence-corrected chi connectivity index (χ3v) is 2.71. The van der Waals surface area contributed by atoms with Crippen molar-refractivity contribution in [1.29, 1.82) is 0 Å². The van der Waals surface area contributed by atoms with E-state index in [2.05, 4.69) is 25.3 Å². The van der Waals surface area contributed by atoms with Crippen molar-refractivity contribution in [1.82, 2.24) is 10.2 Å². The summed E-state index contributed by atoms with van der Waals surface area (Å²) in [6, 6.07) is 5.93. The predicted octanol–water partition coefficient (Wildman–Crippen LogP) is 2.30. The molecule has 2 aromatic rings. The van der Waals surface area contributed by atoms with E-state index in [0.29, 0.717) is 11.3 Å². The molecule has 1 aromatic heterocycles. The molecule has 0 radical (unpaired) electrons. The average molecular weight is 318 g/mol. The molecule has 0 saturated carbocycles. The number of rotatable bonds is 7. The molecule has 0 aliphatic heterocycles. The van der Waals surface area contributed by atoms with Gasteiger partial charge >= 0.3 is 5.97 Å². The third-order valence-electron chi connectivity index (χ3n) is 2.71. The number of hydrogen-bond donors (Lipinski definition) is 2. The molecule has 9 heteroatoms. The molecule has 0 unspecified atom stereocenters. The monoisotopic (exact) mass is 318 g/mol. The molecule has 1 aromatic carbocycles. The molecule has 2 N–H and O–H groups in total. The Kier molecular flexibility index (Phi) is 5.67. The minimum absolute atomic E-state index is 0.107. The fourth-order valence-electron chi connectivity index (χ4n) is 1.70. The van der Waals surface area contributed by atoms with Crippen molar-refractivity contribution in [3.63, 3.8) is 0 Å². The van der Waals surface area contributed by atoms with E-state index in [1.54, 1.807) is 6.07 Å². The molecule has 0 spiro atoms. The zero-order valence-electron chi connectivity index (χ0n) is 12.2. The van der Waals surface area contributed by atoms with Gasteiger partial charge in [0.1, 0.15) is 12.4 Å². The second-order valence-corrected chi connectivity index (χ2v) is 4.43. The van der Waals surface area contributed by atoms with Gasteiger partial charge in [-0.3, -0.25) is 4.79 Å². The molecule has 0 bridgehead atoms. The summed E-state index contributed by atoms with van der Waals surface area (Å²) < 4.78 is 0. The van der Waals surface area contributed by atoms with Crippen LogP contribution in [-0.2, 0) is 27.6 Å². The molecular formula is C14H14N4O5. The lowest BCUT2D eigenvalue weighted by molar-refractivity contribution is -0.282. The number of carboxylic acids is 1. The number of aromatic nitrogens is 2. The molecule has 0 aliphatic carbocycles.